The van der Waals surface area contributed by atoms with Crippen LogP contribution in [0.15, 0.2) is 35.8 Å². The van der Waals surface area contributed by atoms with E-state index in [4.69, 9.17) is 10.5 Å². The summed E-state index contributed by atoms with van der Waals surface area (Å²) in [5.41, 5.74) is 9.14. The molecule has 1 amide bonds. The third-order valence-corrected chi connectivity index (χ3v) is 6.19. The molecule has 3 aromatic rings. The fourth-order valence-corrected chi connectivity index (χ4v) is 4.28. The van der Waals surface area contributed by atoms with Gasteiger partial charge in [-0.3, -0.25) is 4.79 Å². The highest BCUT2D eigenvalue weighted by atomic mass is 32.1. The Morgan fingerprint density at radius 2 is 2.00 bits per heavy atom. The van der Waals surface area contributed by atoms with Crippen LogP contribution < -0.4 is 20.7 Å². The Morgan fingerprint density at radius 1 is 1.23 bits per heavy atom. The minimum absolute atomic E-state index is 0.448. The largest absolute Gasteiger partial charge is 0.495 e. The summed E-state index contributed by atoms with van der Waals surface area (Å²) in [7, 11) is 3.73. The summed E-state index contributed by atoms with van der Waals surface area (Å²) in [6.07, 6.45) is 1.87. The van der Waals surface area contributed by atoms with E-state index >= 15 is 0 Å². The number of aromatic nitrogens is 2. The lowest BCUT2D eigenvalue weighted by atomic mass is 10.1. The number of likely N-dealkylation sites (N-methyl/N-ethyl adjacent to an activating group) is 1. The second kappa shape index (κ2) is 8.91. The molecule has 1 aromatic carbocycles. The van der Waals surface area contributed by atoms with Crippen molar-refractivity contribution in [1.29, 1.82) is 0 Å². The molecule has 0 aliphatic carbocycles. The van der Waals surface area contributed by atoms with Crippen LogP contribution in [-0.2, 0) is 0 Å². The number of aryl methyl sites for hydroxylation is 1. The summed E-state index contributed by atoms with van der Waals surface area (Å²) < 4.78 is 5.45. The normalized spacial score (nSPS) is 14.5. The number of rotatable bonds is 6. The van der Waals surface area contributed by atoms with Gasteiger partial charge in [0.25, 0.3) is 0 Å². The first-order valence-electron chi connectivity index (χ1n) is 10.1. The molecule has 1 saturated heterocycles. The minimum atomic E-state index is -0.477. The molecule has 0 saturated carbocycles. The number of pyridine rings is 1. The van der Waals surface area contributed by atoms with Gasteiger partial charge >= 0.3 is 0 Å². The summed E-state index contributed by atoms with van der Waals surface area (Å²) in [6.45, 7) is 5.89. The van der Waals surface area contributed by atoms with Crippen molar-refractivity contribution in [3.63, 3.8) is 0 Å². The lowest BCUT2D eigenvalue weighted by molar-refractivity contribution is 0.0999. The average molecular weight is 439 g/mol. The monoisotopic (exact) mass is 438 g/mol. The Hall–Kier alpha value is -3.17. The molecule has 1 aliphatic heterocycles. The van der Waals surface area contributed by atoms with Crippen molar-refractivity contribution in [1.82, 2.24) is 14.9 Å². The molecule has 3 heterocycles. The topological polar surface area (TPSA) is 96.6 Å². The molecule has 8 nitrogen and oxygen atoms in total. The number of carbonyl (C=O) groups is 1. The lowest BCUT2D eigenvalue weighted by Crippen LogP contribution is -2.44. The van der Waals surface area contributed by atoms with Crippen LogP contribution in [0.5, 0.6) is 5.75 Å². The van der Waals surface area contributed by atoms with Gasteiger partial charge in [-0.05, 0) is 43.8 Å². The fraction of sp³-hybridized carbons (Fsp3) is 0.318. The number of hydrogen-bond donors (Lipinski definition) is 2. The van der Waals surface area contributed by atoms with Gasteiger partial charge in [-0.2, -0.15) is 0 Å². The van der Waals surface area contributed by atoms with Gasteiger partial charge in [-0.25, -0.2) is 9.97 Å². The number of piperazine rings is 1. The predicted octanol–water partition coefficient (Wildman–Crippen LogP) is 3.12. The Kier molecular flexibility index (Phi) is 6.06. The number of nitrogens with one attached hydrogen (secondary N) is 1. The third-order valence-electron chi connectivity index (χ3n) is 5.43. The van der Waals surface area contributed by atoms with Crippen LogP contribution >= 0.6 is 11.3 Å². The molecule has 31 heavy (non-hydrogen) atoms. The highest BCUT2D eigenvalue weighted by Gasteiger charge is 2.16. The van der Waals surface area contributed by atoms with Crippen molar-refractivity contribution in [2.75, 3.05) is 50.6 Å². The number of hydrogen-bond acceptors (Lipinski definition) is 8. The molecule has 0 spiro atoms. The summed E-state index contributed by atoms with van der Waals surface area (Å²) in [5.74, 6) is 1.14. The predicted molar refractivity (Wildman–Crippen MR) is 125 cm³/mol. The van der Waals surface area contributed by atoms with E-state index < -0.39 is 5.91 Å². The van der Waals surface area contributed by atoms with Gasteiger partial charge in [0.1, 0.15) is 11.6 Å². The highest BCUT2D eigenvalue weighted by Crippen LogP contribution is 2.33. The number of thiazole rings is 1. The quantitative estimate of drug-likeness (QED) is 0.610. The van der Waals surface area contributed by atoms with E-state index in [2.05, 4.69) is 44.3 Å². The number of anilines is 3. The molecule has 162 valence electrons. The van der Waals surface area contributed by atoms with E-state index in [1.807, 2.05) is 18.5 Å². The SMILES string of the molecule is COc1cc(C)c(C(N)=O)cc1Nc1nc(-c2ccc(N3CCN(C)CC3)nc2)cs1. The number of ether oxygens (including phenoxy) is 1. The van der Waals surface area contributed by atoms with Crippen LogP contribution in [-0.4, -0.2) is 61.1 Å². The van der Waals surface area contributed by atoms with Crippen LogP contribution in [0.2, 0.25) is 0 Å². The van der Waals surface area contributed by atoms with Crippen molar-refractivity contribution in [3.05, 3.63) is 47.0 Å². The van der Waals surface area contributed by atoms with Crippen molar-refractivity contribution in [3.8, 4) is 17.0 Å². The first kappa shape index (κ1) is 21.1. The average Bonchev–Trinajstić information content (AvgIpc) is 3.23. The Balaban J connectivity index is 1.51. The summed E-state index contributed by atoms with van der Waals surface area (Å²) in [5, 5.41) is 5.91. The first-order chi connectivity index (χ1) is 14.9. The maximum atomic E-state index is 11.7. The number of nitrogens with zero attached hydrogens (tertiary/aromatic N) is 4. The van der Waals surface area contributed by atoms with E-state index in [0.717, 1.165) is 48.8 Å². The number of carbonyl (C=O) groups excluding carboxylic acids is 1. The van der Waals surface area contributed by atoms with E-state index in [0.29, 0.717) is 22.1 Å². The molecule has 0 bridgehead atoms. The van der Waals surface area contributed by atoms with Crippen molar-refractivity contribution >= 4 is 33.9 Å². The van der Waals surface area contributed by atoms with Gasteiger partial charge in [0.05, 0.1) is 18.5 Å². The first-order valence-corrected chi connectivity index (χ1v) is 10.9. The van der Waals surface area contributed by atoms with Crippen LogP contribution in [0, 0.1) is 6.92 Å². The maximum Gasteiger partial charge on any atom is 0.249 e. The van der Waals surface area contributed by atoms with E-state index in [-0.39, 0.29) is 0 Å². The maximum absolute atomic E-state index is 11.7. The molecular weight excluding hydrogens is 412 g/mol. The molecule has 1 aliphatic rings. The van der Waals surface area contributed by atoms with Gasteiger partial charge in [-0.1, -0.05) is 0 Å². The molecule has 4 rings (SSSR count). The highest BCUT2D eigenvalue weighted by molar-refractivity contribution is 7.14. The second-order valence-corrected chi connectivity index (χ2v) is 8.45. The molecular formula is C22H26N6O2S. The number of benzene rings is 1. The van der Waals surface area contributed by atoms with E-state index in [1.54, 1.807) is 19.2 Å². The zero-order valence-electron chi connectivity index (χ0n) is 17.9. The number of methoxy groups -OCH3 is 1. The molecule has 0 unspecified atom stereocenters. The fourth-order valence-electron chi connectivity index (χ4n) is 3.55. The van der Waals surface area contributed by atoms with Crippen molar-refractivity contribution in [2.24, 2.45) is 5.73 Å². The van der Waals surface area contributed by atoms with Crippen LogP contribution in [0.3, 0.4) is 0 Å². The second-order valence-electron chi connectivity index (χ2n) is 7.59. The number of amides is 1. The molecule has 2 aromatic heterocycles. The van der Waals surface area contributed by atoms with Crippen molar-refractivity contribution < 1.29 is 9.53 Å². The standard InChI is InChI=1S/C22H26N6O2S/c1-14-10-19(30-3)17(11-16(14)21(23)29)25-22-26-18(13-31-22)15-4-5-20(24-12-15)28-8-6-27(2)7-9-28/h4-5,10-13H,6-9H2,1-3H3,(H2,23,29)(H,25,26). The Morgan fingerprint density at radius 3 is 2.65 bits per heavy atom. The van der Waals surface area contributed by atoms with Crippen molar-refractivity contribution in [2.45, 2.75) is 6.92 Å². The summed E-state index contributed by atoms with van der Waals surface area (Å²) >= 11 is 1.47. The molecule has 9 heteroatoms. The molecule has 0 radical (unpaired) electrons. The minimum Gasteiger partial charge on any atom is -0.495 e. The Labute approximate surface area is 185 Å². The van der Waals surface area contributed by atoms with Crippen LogP contribution in [0.4, 0.5) is 16.6 Å². The summed E-state index contributed by atoms with van der Waals surface area (Å²) in [4.78, 5) is 25.6. The molecule has 1 fully saturated rings. The van der Waals surface area contributed by atoms with Crippen LogP contribution in [0.25, 0.3) is 11.3 Å². The van der Waals surface area contributed by atoms with Gasteiger partial charge < -0.3 is 25.6 Å². The van der Waals surface area contributed by atoms with E-state index in [1.165, 1.54) is 11.3 Å². The van der Waals surface area contributed by atoms with Gasteiger partial charge in [-0.15, -0.1) is 11.3 Å². The molecule has 0 atom stereocenters. The smallest absolute Gasteiger partial charge is 0.249 e. The summed E-state index contributed by atoms with van der Waals surface area (Å²) in [6, 6.07) is 7.59. The van der Waals surface area contributed by atoms with Gasteiger partial charge in [0.2, 0.25) is 5.91 Å². The number of nitrogens with two attached hydrogens (primary N) is 1. The van der Waals surface area contributed by atoms with Gasteiger partial charge in [0, 0.05) is 48.9 Å². The Bertz CT molecular complexity index is 1070. The third kappa shape index (κ3) is 4.62. The number of primary amides is 1. The lowest BCUT2D eigenvalue weighted by Gasteiger charge is -2.33. The van der Waals surface area contributed by atoms with Gasteiger partial charge in [0.15, 0.2) is 5.13 Å². The van der Waals surface area contributed by atoms with E-state index in [9.17, 15) is 4.79 Å². The molecule has 3 N–H and O–H groups in total. The van der Waals surface area contributed by atoms with Crippen LogP contribution in [0.1, 0.15) is 15.9 Å². The zero-order valence-corrected chi connectivity index (χ0v) is 18.7. The zero-order chi connectivity index (χ0) is 22.0.